The molecule has 2 rings (SSSR count). The Morgan fingerprint density at radius 1 is 1.43 bits per heavy atom. The lowest BCUT2D eigenvalue weighted by molar-refractivity contribution is -0.125. The largest absolute Gasteiger partial charge is 0.448 e. The maximum Gasteiger partial charge on any atom is 0.351 e. The van der Waals surface area contributed by atoms with Gasteiger partial charge in [-0.05, 0) is 26.0 Å². The summed E-state index contributed by atoms with van der Waals surface area (Å²) in [4.78, 5) is 27.6. The number of nitrogens with zero attached hydrogens (tertiary/aromatic N) is 1. The van der Waals surface area contributed by atoms with Gasteiger partial charge >= 0.3 is 5.97 Å². The standard InChI is InChI=1S/C14H13ClN2O3S/c1-7-11(14(19)20-8(2)12(16)18)21-13(17-7)9-4-3-5-10(15)6-9/h3-6,8H,1-2H3,(H2,16,18)/t8-/m0/s1. The molecule has 1 amide bonds. The fraction of sp³-hybridized carbons (Fsp3) is 0.214. The second kappa shape index (κ2) is 6.24. The van der Waals surface area contributed by atoms with Crippen LogP contribution in [-0.4, -0.2) is 23.0 Å². The second-order valence-corrected chi connectivity index (χ2v) is 5.83. The molecular formula is C14H13ClN2O3S. The van der Waals surface area contributed by atoms with E-state index in [9.17, 15) is 9.59 Å². The predicted octanol–water partition coefficient (Wildman–Crippen LogP) is 2.80. The molecule has 2 N–H and O–H groups in total. The number of halogens is 1. The van der Waals surface area contributed by atoms with Gasteiger partial charge in [-0.25, -0.2) is 9.78 Å². The number of thiazole rings is 1. The SMILES string of the molecule is Cc1nc(-c2cccc(Cl)c2)sc1C(=O)O[C@@H](C)C(N)=O. The van der Waals surface area contributed by atoms with Gasteiger partial charge in [0, 0.05) is 10.6 Å². The van der Waals surface area contributed by atoms with E-state index in [1.807, 2.05) is 12.1 Å². The Morgan fingerprint density at radius 2 is 2.14 bits per heavy atom. The van der Waals surface area contributed by atoms with Crippen molar-refractivity contribution >= 4 is 34.8 Å². The Balaban J connectivity index is 2.27. The molecule has 1 atom stereocenters. The fourth-order valence-electron chi connectivity index (χ4n) is 1.60. The van der Waals surface area contributed by atoms with Gasteiger partial charge in [-0.1, -0.05) is 23.7 Å². The normalized spacial score (nSPS) is 12.0. The predicted molar refractivity (Wildman–Crippen MR) is 81.4 cm³/mol. The zero-order valence-electron chi connectivity index (χ0n) is 11.4. The summed E-state index contributed by atoms with van der Waals surface area (Å²) >= 11 is 7.13. The number of hydrogen-bond acceptors (Lipinski definition) is 5. The van der Waals surface area contributed by atoms with Crippen LogP contribution in [0.15, 0.2) is 24.3 Å². The molecule has 21 heavy (non-hydrogen) atoms. The molecule has 0 saturated carbocycles. The lowest BCUT2D eigenvalue weighted by Crippen LogP contribution is -2.30. The molecule has 110 valence electrons. The quantitative estimate of drug-likeness (QED) is 0.877. The van der Waals surface area contributed by atoms with Crippen LogP contribution in [0.1, 0.15) is 22.3 Å². The third-order valence-electron chi connectivity index (χ3n) is 2.74. The van der Waals surface area contributed by atoms with Gasteiger partial charge in [-0.2, -0.15) is 0 Å². The number of rotatable bonds is 4. The van der Waals surface area contributed by atoms with E-state index in [0.717, 1.165) is 5.56 Å². The molecule has 1 aromatic heterocycles. The second-order valence-electron chi connectivity index (χ2n) is 4.39. The van der Waals surface area contributed by atoms with Crippen molar-refractivity contribution in [2.45, 2.75) is 20.0 Å². The van der Waals surface area contributed by atoms with E-state index in [2.05, 4.69) is 4.98 Å². The molecule has 1 heterocycles. The lowest BCUT2D eigenvalue weighted by atomic mass is 10.2. The van der Waals surface area contributed by atoms with Crippen molar-refractivity contribution in [1.82, 2.24) is 4.98 Å². The van der Waals surface area contributed by atoms with Gasteiger partial charge in [0.2, 0.25) is 0 Å². The Bertz CT molecular complexity index is 699. The van der Waals surface area contributed by atoms with Crippen LogP contribution in [0.2, 0.25) is 5.02 Å². The molecule has 0 aliphatic carbocycles. The van der Waals surface area contributed by atoms with Crippen molar-refractivity contribution < 1.29 is 14.3 Å². The van der Waals surface area contributed by atoms with Crippen LogP contribution in [0.25, 0.3) is 10.6 Å². The number of ether oxygens (including phenoxy) is 1. The molecule has 0 aliphatic rings. The molecule has 2 aromatic rings. The van der Waals surface area contributed by atoms with Crippen molar-refractivity contribution in [1.29, 1.82) is 0 Å². The topological polar surface area (TPSA) is 82.3 Å². The minimum absolute atomic E-state index is 0.345. The zero-order chi connectivity index (χ0) is 15.6. The number of nitrogens with two attached hydrogens (primary N) is 1. The Hall–Kier alpha value is -1.92. The van der Waals surface area contributed by atoms with Crippen molar-refractivity contribution in [3.05, 3.63) is 39.9 Å². The summed E-state index contributed by atoms with van der Waals surface area (Å²) < 4.78 is 4.98. The average molecular weight is 325 g/mol. The third kappa shape index (κ3) is 3.59. The number of carbonyl (C=O) groups is 2. The van der Waals surface area contributed by atoms with Gasteiger partial charge in [0.05, 0.1) is 5.69 Å². The first-order chi connectivity index (χ1) is 9.88. The first-order valence-corrected chi connectivity index (χ1v) is 7.31. The summed E-state index contributed by atoms with van der Waals surface area (Å²) in [6.45, 7) is 3.13. The Labute approximate surface area is 130 Å². The van der Waals surface area contributed by atoms with Gasteiger partial charge in [-0.3, -0.25) is 4.79 Å². The molecule has 0 saturated heterocycles. The van der Waals surface area contributed by atoms with Crippen molar-refractivity contribution in [2.24, 2.45) is 5.73 Å². The molecule has 5 nitrogen and oxygen atoms in total. The summed E-state index contributed by atoms with van der Waals surface area (Å²) in [5, 5.41) is 1.25. The minimum Gasteiger partial charge on any atom is -0.448 e. The molecule has 0 fully saturated rings. The van der Waals surface area contributed by atoms with E-state index >= 15 is 0 Å². The van der Waals surface area contributed by atoms with E-state index in [0.29, 0.717) is 20.6 Å². The molecule has 0 bridgehead atoms. The van der Waals surface area contributed by atoms with Gasteiger partial charge in [-0.15, -0.1) is 11.3 Å². The van der Waals surface area contributed by atoms with Gasteiger partial charge in [0.25, 0.3) is 5.91 Å². The lowest BCUT2D eigenvalue weighted by Gasteiger charge is -2.08. The van der Waals surface area contributed by atoms with Crippen LogP contribution in [0, 0.1) is 6.92 Å². The average Bonchev–Trinajstić information content (AvgIpc) is 2.80. The van der Waals surface area contributed by atoms with Crippen LogP contribution in [-0.2, 0) is 9.53 Å². The summed E-state index contributed by atoms with van der Waals surface area (Å²) in [6.07, 6.45) is -0.978. The first kappa shape index (κ1) is 15.5. The van der Waals surface area contributed by atoms with Gasteiger partial charge in [0.1, 0.15) is 9.88 Å². The van der Waals surface area contributed by atoms with E-state index < -0.39 is 18.0 Å². The number of benzene rings is 1. The van der Waals surface area contributed by atoms with Crippen molar-refractivity contribution in [3.8, 4) is 10.6 Å². The zero-order valence-corrected chi connectivity index (χ0v) is 13.0. The van der Waals surface area contributed by atoms with Crippen LogP contribution in [0.3, 0.4) is 0 Å². The van der Waals surface area contributed by atoms with Gasteiger partial charge < -0.3 is 10.5 Å². The molecule has 0 aliphatic heterocycles. The number of hydrogen-bond donors (Lipinski definition) is 1. The molecular weight excluding hydrogens is 312 g/mol. The number of amides is 1. The minimum atomic E-state index is -0.978. The Morgan fingerprint density at radius 3 is 2.76 bits per heavy atom. The van der Waals surface area contributed by atoms with E-state index in [1.54, 1.807) is 19.1 Å². The molecule has 7 heteroatoms. The highest BCUT2D eigenvalue weighted by atomic mass is 35.5. The summed E-state index contributed by atoms with van der Waals surface area (Å²) in [5.74, 6) is -1.30. The van der Waals surface area contributed by atoms with E-state index in [1.165, 1.54) is 18.3 Å². The number of esters is 1. The first-order valence-electron chi connectivity index (χ1n) is 6.12. The molecule has 1 aromatic carbocycles. The third-order valence-corrected chi connectivity index (χ3v) is 4.16. The highest BCUT2D eigenvalue weighted by Gasteiger charge is 2.21. The highest BCUT2D eigenvalue weighted by Crippen LogP contribution is 2.30. The highest BCUT2D eigenvalue weighted by molar-refractivity contribution is 7.17. The maximum atomic E-state index is 12.0. The van der Waals surface area contributed by atoms with Crippen LogP contribution < -0.4 is 5.73 Å². The Kier molecular flexibility index (Phi) is 4.59. The number of carbonyl (C=O) groups excluding carboxylic acids is 2. The molecule has 0 unspecified atom stereocenters. The number of primary amides is 1. The number of aryl methyl sites for hydroxylation is 1. The van der Waals surface area contributed by atoms with Crippen molar-refractivity contribution in [2.75, 3.05) is 0 Å². The van der Waals surface area contributed by atoms with Crippen LogP contribution >= 0.6 is 22.9 Å². The van der Waals surface area contributed by atoms with Crippen LogP contribution in [0.4, 0.5) is 0 Å². The fourth-order valence-corrected chi connectivity index (χ4v) is 2.74. The van der Waals surface area contributed by atoms with Gasteiger partial charge in [0.15, 0.2) is 6.10 Å². The molecule has 0 spiro atoms. The van der Waals surface area contributed by atoms with Crippen LogP contribution in [0.5, 0.6) is 0 Å². The monoisotopic (exact) mass is 324 g/mol. The van der Waals surface area contributed by atoms with E-state index in [4.69, 9.17) is 22.1 Å². The summed E-state index contributed by atoms with van der Waals surface area (Å²) in [6, 6.07) is 7.18. The van der Waals surface area contributed by atoms with Crippen molar-refractivity contribution in [3.63, 3.8) is 0 Å². The number of aromatic nitrogens is 1. The summed E-state index contributed by atoms with van der Waals surface area (Å²) in [7, 11) is 0. The summed E-state index contributed by atoms with van der Waals surface area (Å²) in [5.41, 5.74) is 6.43. The van der Waals surface area contributed by atoms with E-state index in [-0.39, 0.29) is 0 Å². The molecule has 0 radical (unpaired) electrons. The smallest absolute Gasteiger partial charge is 0.351 e. The maximum absolute atomic E-state index is 12.0.